The van der Waals surface area contributed by atoms with Gasteiger partial charge in [0.25, 0.3) is 0 Å². The maximum atomic E-state index is 13.5. The molecule has 2 rings (SSSR count). The van der Waals surface area contributed by atoms with E-state index in [0.29, 0.717) is 18.2 Å². The van der Waals surface area contributed by atoms with Crippen molar-refractivity contribution in [2.75, 3.05) is 18.4 Å². The molecular weight excluding hydrogens is 389 g/mol. The number of anilines is 1. The van der Waals surface area contributed by atoms with E-state index < -0.39 is 43.8 Å². The molecule has 1 amide bonds. The van der Waals surface area contributed by atoms with Crippen LogP contribution in [0.5, 0.6) is 0 Å². The zero-order valence-electron chi connectivity index (χ0n) is 15.4. The Morgan fingerprint density at radius 2 is 1.93 bits per heavy atom. The van der Waals surface area contributed by atoms with E-state index >= 15 is 0 Å². The van der Waals surface area contributed by atoms with Crippen molar-refractivity contribution in [2.24, 2.45) is 0 Å². The van der Waals surface area contributed by atoms with Gasteiger partial charge < -0.3 is 5.32 Å². The second-order valence-electron chi connectivity index (χ2n) is 6.07. The fraction of sp³-hybridized carbons (Fsp3) is 0.278. The van der Waals surface area contributed by atoms with E-state index in [2.05, 4.69) is 5.32 Å². The molecule has 1 N–H and O–H groups in total. The van der Waals surface area contributed by atoms with Crippen molar-refractivity contribution in [1.29, 1.82) is 0 Å². The number of hydrogen-bond acceptors (Lipinski definition) is 5. The molecule has 0 fully saturated rings. The summed E-state index contributed by atoms with van der Waals surface area (Å²) in [5, 5.41) is 13.6. The van der Waals surface area contributed by atoms with Crippen molar-refractivity contribution >= 4 is 27.3 Å². The number of amides is 1. The zero-order valence-corrected chi connectivity index (χ0v) is 16.2. The Morgan fingerprint density at radius 1 is 1.25 bits per heavy atom. The van der Waals surface area contributed by atoms with Crippen molar-refractivity contribution < 1.29 is 22.5 Å². The van der Waals surface area contributed by atoms with Crippen molar-refractivity contribution in [2.45, 2.75) is 25.2 Å². The first kappa shape index (κ1) is 21.5. The van der Waals surface area contributed by atoms with Crippen molar-refractivity contribution in [1.82, 2.24) is 4.31 Å². The highest BCUT2D eigenvalue weighted by molar-refractivity contribution is 7.89. The van der Waals surface area contributed by atoms with Crippen LogP contribution in [0.15, 0.2) is 47.4 Å². The average molecular weight is 409 g/mol. The summed E-state index contributed by atoms with van der Waals surface area (Å²) in [6.07, 6.45) is 0.417. The Labute approximate surface area is 162 Å². The lowest BCUT2D eigenvalue weighted by Crippen LogP contribution is -2.38. The van der Waals surface area contributed by atoms with Gasteiger partial charge in [-0.25, -0.2) is 8.42 Å². The first-order chi connectivity index (χ1) is 13.2. The number of carbonyl (C=O) groups excluding carboxylic acids is 1. The molecule has 2 aromatic rings. The van der Waals surface area contributed by atoms with Gasteiger partial charge in [0, 0.05) is 18.3 Å². The molecule has 0 aliphatic heterocycles. The van der Waals surface area contributed by atoms with Crippen molar-refractivity contribution in [3.8, 4) is 0 Å². The average Bonchev–Trinajstić information content (AvgIpc) is 2.63. The molecule has 0 unspecified atom stereocenters. The molecule has 0 aliphatic carbocycles. The third-order valence-electron chi connectivity index (χ3n) is 3.96. The Kier molecular flexibility index (Phi) is 6.81. The van der Waals surface area contributed by atoms with Crippen LogP contribution in [0.3, 0.4) is 0 Å². The van der Waals surface area contributed by atoms with Crippen LogP contribution in [-0.2, 0) is 14.8 Å². The largest absolute Gasteiger partial charge is 0.325 e. The maximum Gasteiger partial charge on any atom is 0.306 e. The summed E-state index contributed by atoms with van der Waals surface area (Å²) in [6.45, 7) is 3.08. The van der Waals surface area contributed by atoms with Gasteiger partial charge in [0.2, 0.25) is 21.7 Å². The Morgan fingerprint density at radius 3 is 2.54 bits per heavy atom. The molecule has 0 bridgehead atoms. The fourth-order valence-corrected chi connectivity index (χ4v) is 4.05. The van der Waals surface area contributed by atoms with E-state index in [4.69, 9.17) is 0 Å². The number of carbonyl (C=O) groups is 1. The van der Waals surface area contributed by atoms with E-state index in [9.17, 15) is 27.7 Å². The van der Waals surface area contributed by atoms with Crippen LogP contribution < -0.4 is 5.32 Å². The number of nitro benzene ring substituents is 1. The molecule has 0 heterocycles. The van der Waals surface area contributed by atoms with Crippen LogP contribution in [-0.4, -0.2) is 36.6 Å². The summed E-state index contributed by atoms with van der Waals surface area (Å²) in [5.41, 5.74) is 0.426. The minimum absolute atomic E-state index is 0.0225. The minimum atomic E-state index is -4.23. The van der Waals surface area contributed by atoms with Gasteiger partial charge in [-0.1, -0.05) is 25.1 Å². The minimum Gasteiger partial charge on any atom is -0.325 e. The summed E-state index contributed by atoms with van der Waals surface area (Å²) in [7, 11) is -4.23. The second-order valence-corrected chi connectivity index (χ2v) is 8.01. The highest BCUT2D eigenvalue weighted by Gasteiger charge is 2.29. The van der Waals surface area contributed by atoms with Crippen molar-refractivity contribution in [3.05, 3.63) is 64.0 Å². The molecule has 0 atom stereocenters. The predicted octanol–water partition coefficient (Wildman–Crippen LogP) is 3.08. The SMILES string of the molecule is CCCN(CC(=O)Nc1ccccc1C)S(=O)(=O)c1ccc(F)c([N+](=O)[O-])c1. The first-order valence-electron chi connectivity index (χ1n) is 8.46. The first-order valence-corrected chi connectivity index (χ1v) is 9.90. The van der Waals surface area contributed by atoms with Crippen LogP contribution in [0, 0.1) is 22.9 Å². The zero-order chi connectivity index (χ0) is 20.9. The molecule has 8 nitrogen and oxygen atoms in total. The Balaban J connectivity index is 2.29. The number of sulfonamides is 1. The molecular formula is C18H20FN3O5S. The molecule has 0 spiro atoms. The number of halogens is 1. The van der Waals surface area contributed by atoms with E-state index in [0.717, 1.165) is 22.0 Å². The molecule has 28 heavy (non-hydrogen) atoms. The summed E-state index contributed by atoms with van der Waals surface area (Å²) in [6, 6.07) is 9.36. The van der Waals surface area contributed by atoms with Gasteiger partial charge in [0.15, 0.2) is 0 Å². The highest BCUT2D eigenvalue weighted by atomic mass is 32.2. The van der Waals surface area contributed by atoms with Gasteiger partial charge in [-0.2, -0.15) is 8.70 Å². The summed E-state index contributed by atoms with van der Waals surface area (Å²) >= 11 is 0. The van der Waals surface area contributed by atoms with Gasteiger partial charge in [-0.3, -0.25) is 14.9 Å². The number of nitro groups is 1. The van der Waals surface area contributed by atoms with Crippen LogP contribution in [0.2, 0.25) is 0 Å². The molecule has 0 radical (unpaired) electrons. The maximum absolute atomic E-state index is 13.5. The predicted molar refractivity (Wildman–Crippen MR) is 102 cm³/mol. The molecule has 150 valence electrons. The number of nitrogens with zero attached hydrogens (tertiary/aromatic N) is 2. The monoisotopic (exact) mass is 409 g/mol. The third-order valence-corrected chi connectivity index (χ3v) is 5.81. The summed E-state index contributed by atoms with van der Waals surface area (Å²) in [5.74, 6) is -1.69. The molecule has 0 aromatic heterocycles. The van der Waals surface area contributed by atoms with Crippen molar-refractivity contribution in [3.63, 3.8) is 0 Å². The molecule has 0 saturated carbocycles. The normalized spacial score (nSPS) is 11.4. The van der Waals surface area contributed by atoms with Gasteiger partial charge in [-0.05, 0) is 37.1 Å². The number of nitrogens with one attached hydrogen (secondary N) is 1. The topological polar surface area (TPSA) is 110 Å². The number of rotatable bonds is 8. The number of hydrogen-bond donors (Lipinski definition) is 1. The lowest BCUT2D eigenvalue weighted by molar-refractivity contribution is -0.387. The molecule has 2 aromatic carbocycles. The van der Waals surface area contributed by atoms with Crippen LogP contribution in [0.25, 0.3) is 0 Å². The molecule has 10 heteroatoms. The van der Waals surface area contributed by atoms with Crippen LogP contribution in [0.4, 0.5) is 15.8 Å². The van der Waals surface area contributed by atoms with E-state index in [-0.39, 0.29) is 6.54 Å². The number of para-hydroxylation sites is 1. The number of aryl methyl sites for hydroxylation is 1. The van der Waals surface area contributed by atoms with Gasteiger partial charge in [-0.15, -0.1) is 0 Å². The third kappa shape index (κ3) is 4.90. The summed E-state index contributed by atoms with van der Waals surface area (Å²) in [4.78, 5) is 21.8. The van der Waals surface area contributed by atoms with Crippen LogP contribution in [0.1, 0.15) is 18.9 Å². The van der Waals surface area contributed by atoms with Gasteiger partial charge in [0.1, 0.15) is 0 Å². The van der Waals surface area contributed by atoms with E-state index in [1.54, 1.807) is 38.1 Å². The smallest absolute Gasteiger partial charge is 0.306 e. The quantitative estimate of drug-likeness (QED) is 0.532. The fourth-order valence-electron chi connectivity index (χ4n) is 2.54. The summed E-state index contributed by atoms with van der Waals surface area (Å²) < 4.78 is 40.2. The lowest BCUT2D eigenvalue weighted by atomic mass is 10.2. The van der Waals surface area contributed by atoms with E-state index in [1.165, 1.54) is 0 Å². The van der Waals surface area contributed by atoms with Crippen LogP contribution >= 0.6 is 0 Å². The van der Waals surface area contributed by atoms with Gasteiger partial charge in [0.05, 0.1) is 16.4 Å². The number of benzene rings is 2. The van der Waals surface area contributed by atoms with E-state index in [1.807, 2.05) is 0 Å². The second kappa shape index (κ2) is 8.89. The Bertz CT molecular complexity index is 994. The highest BCUT2D eigenvalue weighted by Crippen LogP contribution is 2.24. The standard InChI is InChI=1S/C18H20FN3O5S/c1-3-10-21(12-18(23)20-16-7-5-4-6-13(16)2)28(26,27)14-8-9-15(19)17(11-14)22(24)25/h4-9,11H,3,10,12H2,1-2H3,(H,20,23). The molecule has 0 aliphatic rings. The van der Waals surface area contributed by atoms with Gasteiger partial charge >= 0.3 is 5.69 Å². The Hall–Kier alpha value is -2.85. The molecule has 0 saturated heterocycles. The lowest BCUT2D eigenvalue weighted by Gasteiger charge is -2.21.